The van der Waals surface area contributed by atoms with Crippen molar-refractivity contribution in [1.82, 2.24) is 4.31 Å². The zero-order chi connectivity index (χ0) is 19.4. The molecule has 1 fully saturated rings. The van der Waals surface area contributed by atoms with Gasteiger partial charge in [0, 0.05) is 24.7 Å². The maximum atomic E-state index is 13.1. The van der Waals surface area contributed by atoms with Gasteiger partial charge in [-0.1, -0.05) is 24.1 Å². The summed E-state index contributed by atoms with van der Waals surface area (Å²) in [5.41, 5.74) is 1.78. The normalized spacial score (nSPS) is 18.2. The molecule has 0 aliphatic carbocycles. The molecule has 144 valence electrons. The number of amides is 1. The molecule has 7 heteroatoms. The van der Waals surface area contributed by atoms with E-state index in [1.54, 1.807) is 0 Å². The number of anilines is 1. The van der Waals surface area contributed by atoms with Gasteiger partial charge in [0.25, 0.3) is 0 Å². The minimum Gasteiger partial charge on any atom is -0.326 e. The summed E-state index contributed by atoms with van der Waals surface area (Å²) >= 11 is 0. The van der Waals surface area contributed by atoms with E-state index in [0.29, 0.717) is 18.7 Å². The topological polar surface area (TPSA) is 66.5 Å². The van der Waals surface area contributed by atoms with Gasteiger partial charge < -0.3 is 5.32 Å². The third-order valence-electron chi connectivity index (χ3n) is 4.75. The Kier molecular flexibility index (Phi) is 5.92. The van der Waals surface area contributed by atoms with Gasteiger partial charge in [-0.3, -0.25) is 4.79 Å². The van der Waals surface area contributed by atoms with Gasteiger partial charge in [0.2, 0.25) is 15.9 Å². The lowest BCUT2D eigenvalue weighted by molar-refractivity contribution is -0.117. The second kappa shape index (κ2) is 8.19. The molecule has 1 N–H and O–H groups in total. The lowest BCUT2D eigenvalue weighted by Gasteiger charge is -2.34. The van der Waals surface area contributed by atoms with Gasteiger partial charge in [0.15, 0.2) is 0 Å². The summed E-state index contributed by atoms with van der Waals surface area (Å²) in [5.74, 6) is -0.702. The number of nitrogens with one attached hydrogen (secondary N) is 1. The zero-order valence-electron chi connectivity index (χ0n) is 15.2. The summed E-state index contributed by atoms with van der Waals surface area (Å²) in [5, 5.41) is 2.83. The van der Waals surface area contributed by atoms with Gasteiger partial charge in [-0.25, -0.2) is 12.8 Å². The highest BCUT2D eigenvalue weighted by molar-refractivity contribution is 7.89. The Balaban J connectivity index is 1.73. The van der Waals surface area contributed by atoms with Crippen LogP contribution < -0.4 is 5.32 Å². The molecule has 2 aromatic rings. The van der Waals surface area contributed by atoms with Crippen molar-refractivity contribution in [2.24, 2.45) is 0 Å². The highest BCUT2D eigenvalue weighted by Crippen LogP contribution is 2.27. The second-order valence-corrected chi connectivity index (χ2v) is 8.73. The molecule has 1 saturated heterocycles. The Hall–Kier alpha value is -2.25. The van der Waals surface area contributed by atoms with Crippen LogP contribution in [0.25, 0.3) is 0 Å². The van der Waals surface area contributed by atoms with Gasteiger partial charge in [-0.15, -0.1) is 0 Å². The van der Waals surface area contributed by atoms with E-state index in [-0.39, 0.29) is 17.2 Å². The summed E-state index contributed by atoms with van der Waals surface area (Å²) in [4.78, 5) is 12.5. The van der Waals surface area contributed by atoms with Crippen LogP contribution in [0.2, 0.25) is 0 Å². The number of piperidine rings is 1. The summed E-state index contributed by atoms with van der Waals surface area (Å²) in [6, 6.07) is 11.8. The first kappa shape index (κ1) is 19.5. The molecular weight excluding hydrogens is 367 g/mol. The summed E-state index contributed by atoms with van der Waals surface area (Å²) in [6.45, 7) is 2.33. The smallest absolute Gasteiger partial charge is 0.243 e. The first-order chi connectivity index (χ1) is 12.9. The van der Waals surface area contributed by atoms with Crippen LogP contribution in [-0.4, -0.2) is 31.2 Å². The van der Waals surface area contributed by atoms with Crippen LogP contribution in [0.4, 0.5) is 10.1 Å². The fourth-order valence-corrected chi connectivity index (χ4v) is 4.99. The van der Waals surface area contributed by atoms with Crippen molar-refractivity contribution in [3.05, 3.63) is 59.9 Å². The monoisotopic (exact) mass is 390 g/mol. The minimum absolute atomic E-state index is 0.0507. The van der Waals surface area contributed by atoms with Crippen molar-refractivity contribution in [2.75, 3.05) is 11.9 Å². The number of halogens is 1. The van der Waals surface area contributed by atoms with Crippen LogP contribution >= 0.6 is 0 Å². The van der Waals surface area contributed by atoms with E-state index in [1.807, 2.05) is 31.2 Å². The van der Waals surface area contributed by atoms with E-state index >= 15 is 0 Å². The standard InChI is InChI=1S/C20H23FN2O3S/c1-15-5-9-17(10-6-15)22-20(24)14-18-4-2-3-13-23(18)27(25,26)19-11-7-16(21)8-12-19/h5-12,18H,2-4,13-14H2,1H3,(H,22,24). The Morgan fingerprint density at radius 3 is 2.44 bits per heavy atom. The Bertz CT molecular complexity index is 896. The van der Waals surface area contributed by atoms with Crippen LogP contribution in [0.15, 0.2) is 53.4 Å². The molecule has 1 aliphatic rings. The average Bonchev–Trinajstić information content (AvgIpc) is 2.64. The van der Waals surface area contributed by atoms with Crippen LogP contribution in [-0.2, 0) is 14.8 Å². The number of nitrogens with zero attached hydrogens (tertiary/aromatic N) is 1. The van der Waals surface area contributed by atoms with Crippen molar-refractivity contribution in [2.45, 2.75) is 43.5 Å². The van der Waals surface area contributed by atoms with E-state index in [9.17, 15) is 17.6 Å². The Morgan fingerprint density at radius 2 is 1.78 bits per heavy atom. The molecule has 0 spiro atoms. The summed E-state index contributed by atoms with van der Waals surface area (Å²) in [6.07, 6.45) is 2.34. The van der Waals surface area contributed by atoms with Crippen molar-refractivity contribution in [1.29, 1.82) is 0 Å². The quantitative estimate of drug-likeness (QED) is 0.846. The second-order valence-electron chi connectivity index (χ2n) is 6.84. The zero-order valence-corrected chi connectivity index (χ0v) is 16.0. The molecule has 1 amide bonds. The lowest BCUT2D eigenvalue weighted by Crippen LogP contribution is -2.45. The molecule has 1 unspecified atom stereocenters. The fraction of sp³-hybridized carbons (Fsp3) is 0.350. The Morgan fingerprint density at radius 1 is 1.11 bits per heavy atom. The molecule has 1 atom stereocenters. The molecule has 5 nitrogen and oxygen atoms in total. The molecule has 0 saturated carbocycles. The number of hydrogen-bond acceptors (Lipinski definition) is 3. The number of benzene rings is 2. The molecule has 3 rings (SSSR count). The first-order valence-corrected chi connectivity index (χ1v) is 10.4. The highest BCUT2D eigenvalue weighted by Gasteiger charge is 2.34. The molecular formula is C20H23FN2O3S. The van der Waals surface area contributed by atoms with Gasteiger partial charge in [-0.05, 0) is 56.2 Å². The van der Waals surface area contributed by atoms with Gasteiger partial charge in [0.1, 0.15) is 5.82 Å². The number of hydrogen-bond donors (Lipinski definition) is 1. The third kappa shape index (κ3) is 4.73. The summed E-state index contributed by atoms with van der Waals surface area (Å²) in [7, 11) is -3.77. The largest absolute Gasteiger partial charge is 0.326 e. The number of rotatable bonds is 5. The molecule has 0 aromatic heterocycles. The first-order valence-electron chi connectivity index (χ1n) is 9.00. The van der Waals surface area contributed by atoms with Gasteiger partial charge in [-0.2, -0.15) is 4.31 Å². The number of aryl methyl sites for hydroxylation is 1. The average molecular weight is 390 g/mol. The Labute approximate surface area is 159 Å². The molecule has 0 bridgehead atoms. The van der Waals surface area contributed by atoms with Crippen LogP contribution in [0, 0.1) is 12.7 Å². The van der Waals surface area contributed by atoms with Crippen LogP contribution in [0.3, 0.4) is 0 Å². The predicted molar refractivity (Wildman–Crippen MR) is 102 cm³/mol. The SMILES string of the molecule is Cc1ccc(NC(=O)CC2CCCCN2S(=O)(=O)c2ccc(F)cc2)cc1. The van der Waals surface area contributed by atoms with E-state index < -0.39 is 21.9 Å². The van der Waals surface area contributed by atoms with Gasteiger partial charge in [0.05, 0.1) is 4.90 Å². The predicted octanol–water partition coefficient (Wildman–Crippen LogP) is 3.71. The maximum absolute atomic E-state index is 13.1. The van der Waals surface area contributed by atoms with Crippen LogP contribution in [0.5, 0.6) is 0 Å². The van der Waals surface area contributed by atoms with Crippen molar-refractivity contribution < 1.29 is 17.6 Å². The van der Waals surface area contributed by atoms with Crippen LogP contribution in [0.1, 0.15) is 31.2 Å². The third-order valence-corrected chi connectivity index (χ3v) is 6.72. The summed E-state index contributed by atoms with van der Waals surface area (Å²) < 4.78 is 40.4. The molecule has 27 heavy (non-hydrogen) atoms. The van der Waals surface area contributed by atoms with Crippen molar-refractivity contribution >= 4 is 21.6 Å². The minimum atomic E-state index is -3.77. The maximum Gasteiger partial charge on any atom is 0.243 e. The van der Waals surface area contributed by atoms with E-state index in [0.717, 1.165) is 30.5 Å². The van der Waals surface area contributed by atoms with E-state index in [1.165, 1.54) is 16.4 Å². The van der Waals surface area contributed by atoms with Gasteiger partial charge >= 0.3 is 0 Å². The van der Waals surface area contributed by atoms with E-state index in [2.05, 4.69) is 5.32 Å². The molecule has 0 radical (unpaired) electrons. The number of carbonyl (C=O) groups is 1. The molecule has 1 aliphatic heterocycles. The van der Waals surface area contributed by atoms with Crippen molar-refractivity contribution in [3.63, 3.8) is 0 Å². The number of carbonyl (C=O) groups excluding carboxylic acids is 1. The van der Waals surface area contributed by atoms with Crippen molar-refractivity contribution in [3.8, 4) is 0 Å². The highest BCUT2D eigenvalue weighted by atomic mass is 32.2. The lowest BCUT2D eigenvalue weighted by atomic mass is 10.0. The fourth-order valence-electron chi connectivity index (χ4n) is 3.30. The molecule has 1 heterocycles. The number of sulfonamides is 1. The van der Waals surface area contributed by atoms with E-state index in [4.69, 9.17) is 0 Å². The molecule has 2 aromatic carbocycles.